The third-order valence-electron chi connectivity index (χ3n) is 13.3. The molecule has 0 saturated heterocycles. The van der Waals surface area contributed by atoms with E-state index < -0.39 is 0 Å². The van der Waals surface area contributed by atoms with Crippen LogP contribution in [0.4, 0.5) is 0 Å². The Morgan fingerprint density at radius 2 is 0.906 bits per heavy atom. The van der Waals surface area contributed by atoms with E-state index in [9.17, 15) is 9.90 Å². The van der Waals surface area contributed by atoms with Crippen LogP contribution in [-0.2, 0) is 24.9 Å². The Labute approximate surface area is 386 Å². The number of rotatable bonds is 7. The number of benzene rings is 10. The number of fused-ring (bicyclic) bond motifs is 8. The van der Waals surface area contributed by atoms with E-state index in [1.807, 2.05) is 40.1 Å². The van der Waals surface area contributed by atoms with Crippen LogP contribution in [0.15, 0.2) is 158 Å². The van der Waals surface area contributed by atoms with Crippen molar-refractivity contribution in [3.63, 3.8) is 0 Å². The molecule has 0 bridgehead atoms. The van der Waals surface area contributed by atoms with Gasteiger partial charge in [0, 0.05) is 61.4 Å². The molecular formula is C59H48IrN2O2-2. The van der Waals surface area contributed by atoms with Gasteiger partial charge in [-0.3, -0.25) is 14.8 Å². The molecule has 64 heavy (non-hydrogen) atoms. The van der Waals surface area contributed by atoms with Gasteiger partial charge in [-0.1, -0.05) is 157 Å². The number of carbonyl (C=O) groups is 1. The molecule has 0 aliphatic rings. The Bertz CT molecular complexity index is 3240. The van der Waals surface area contributed by atoms with Gasteiger partial charge in [0.2, 0.25) is 0 Å². The first-order chi connectivity index (χ1) is 30.9. The third kappa shape index (κ3) is 7.37. The van der Waals surface area contributed by atoms with Crippen molar-refractivity contribution in [1.82, 2.24) is 9.97 Å². The number of nitrogens with zero attached hydrogens (tertiary/aromatic N) is 2. The van der Waals surface area contributed by atoms with Crippen molar-refractivity contribution in [3.8, 4) is 0 Å². The Morgan fingerprint density at radius 3 is 1.34 bits per heavy atom. The Kier molecular flexibility index (Phi) is 12.0. The quantitative estimate of drug-likeness (QED) is 0.0568. The van der Waals surface area contributed by atoms with E-state index in [0.717, 1.165) is 58.3 Å². The Hall–Kier alpha value is -6.52. The maximum Gasteiger partial charge on any atom is 0.162 e. The second-order valence-corrected chi connectivity index (χ2v) is 16.7. The summed E-state index contributed by atoms with van der Waals surface area (Å²) in [5, 5.41) is 31.9. The molecule has 12 aromatic rings. The van der Waals surface area contributed by atoms with E-state index in [1.165, 1.54) is 81.5 Å². The average molecular weight is 1010 g/mol. The molecule has 0 spiro atoms. The van der Waals surface area contributed by atoms with Gasteiger partial charge in [0.1, 0.15) is 0 Å². The zero-order chi connectivity index (χ0) is 43.2. The summed E-state index contributed by atoms with van der Waals surface area (Å²) in [6, 6.07) is 54.8. The number of allylic oxidation sites excluding steroid dienone is 2. The molecule has 0 aliphatic carbocycles. The predicted molar refractivity (Wildman–Crippen MR) is 267 cm³/mol. The second-order valence-electron chi connectivity index (χ2n) is 16.7. The number of hydrogen-bond donors (Lipinski definition) is 1. The van der Waals surface area contributed by atoms with Crippen LogP contribution in [0.3, 0.4) is 0 Å². The summed E-state index contributed by atoms with van der Waals surface area (Å²) in [5.74, 6) is 0.547. The van der Waals surface area contributed by atoms with Crippen molar-refractivity contribution in [2.45, 2.75) is 53.4 Å². The van der Waals surface area contributed by atoms with Gasteiger partial charge in [0.05, 0.1) is 5.76 Å². The van der Waals surface area contributed by atoms with Gasteiger partial charge in [0.15, 0.2) is 5.78 Å². The summed E-state index contributed by atoms with van der Waals surface area (Å²) in [6.45, 7) is 8.07. The molecule has 1 radical (unpaired) electrons. The molecular weight excluding hydrogens is 961 g/mol. The van der Waals surface area contributed by atoms with E-state index in [1.54, 1.807) is 0 Å². The van der Waals surface area contributed by atoms with Gasteiger partial charge in [-0.15, -0.1) is 47.2 Å². The molecule has 0 atom stereocenters. The first kappa shape index (κ1) is 42.8. The predicted octanol–water partition coefficient (Wildman–Crippen LogP) is 16.0. The van der Waals surface area contributed by atoms with E-state index in [0.29, 0.717) is 0 Å². The van der Waals surface area contributed by atoms with Gasteiger partial charge < -0.3 is 5.11 Å². The third-order valence-corrected chi connectivity index (χ3v) is 13.3. The average Bonchev–Trinajstić information content (AvgIpc) is 3.33. The van der Waals surface area contributed by atoms with Crippen LogP contribution in [-0.4, -0.2) is 20.9 Å². The molecule has 0 fully saturated rings. The van der Waals surface area contributed by atoms with Gasteiger partial charge in [0.25, 0.3) is 0 Å². The number of aromatic nitrogens is 2. The largest absolute Gasteiger partial charge is 0.512 e. The maximum absolute atomic E-state index is 11.7. The molecule has 0 unspecified atom stereocenters. The molecule has 2 aromatic heterocycles. The molecule has 2 heterocycles. The van der Waals surface area contributed by atoms with Crippen LogP contribution in [0.1, 0.15) is 53.4 Å². The molecule has 1 N–H and O–H groups in total. The molecule has 0 amide bonds. The normalized spacial score (nSPS) is 12.1. The summed E-state index contributed by atoms with van der Waals surface area (Å²) in [7, 11) is 0. The molecule has 0 aliphatic heterocycles. The van der Waals surface area contributed by atoms with E-state index in [2.05, 4.69) is 146 Å². The molecule has 4 nitrogen and oxygen atoms in total. The fraction of sp³-hybridized carbons (Fsp3) is 0.169. The number of aliphatic hydroxyl groups is 1. The van der Waals surface area contributed by atoms with Crippen molar-refractivity contribution in [1.29, 1.82) is 0 Å². The zero-order valence-electron chi connectivity index (χ0n) is 36.5. The van der Waals surface area contributed by atoms with E-state index in [-0.39, 0.29) is 43.5 Å². The number of aliphatic hydroxyl groups excluding tert-OH is 1. The summed E-state index contributed by atoms with van der Waals surface area (Å²) < 4.78 is 0. The Morgan fingerprint density at radius 1 is 0.500 bits per heavy atom. The summed E-state index contributed by atoms with van der Waals surface area (Å²) in [6.07, 6.45) is 8.72. The second kappa shape index (κ2) is 17.9. The SMILES string of the molecule is CCC(CC)C(=O)/C=C(\O)C(CC)CC.[Ir].[c-]1c2ccccc2cc2c1c1nccc3ccc4cccc2c4c31.[c-]1c2ccccc2cc2c1c1nccc3ccc4cccc2c4c31. The van der Waals surface area contributed by atoms with Crippen LogP contribution in [0, 0.1) is 24.0 Å². The van der Waals surface area contributed by atoms with Crippen molar-refractivity contribution < 1.29 is 30.0 Å². The minimum absolute atomic E-state index is 0. The number of ketones is 1. The first-order valence-electron chi connectivity index (χ1n) is 22.4. The van der Waals surface area contributed by atoms with E-state index >= 15 is 0 Å². The number of hydrogen-bond acceptors (Lipinski definition) is 4. The fourth-order valence-electron chi connectivity index (χ4n) is 9.83. The van der Waals surface area contributed by atoms with Crippen LogP contribution in [0.25, 0.3) is 108 Å². The van der Waals surface area contributed by atoms with Crippen molar-refractivity contribution in [3.05, 3.63) is 170 Å². The van der Waals surface area contributed by atoms with Crippen LogP contribution >= 0.6 is 0 Å². The summed E-state index contributed by atoms with van der Waals surface area (Å²) >= 11 is 0. The van der Waals surface area contributed by atoms with Crippen molar-refractivity contribution in [2.75, 3.05) is 0 Å². The van der Waals surface area contributed by atoms with Crippen LogP contribution < -0.4 is 0 Å². The monoisotopic (exact) mass is 1010 g/mol. The standard InChI is InChI=1S/2C23H12N.C13H24O2.Ir/c2*1-2-5-17-13-20-19(12-16(17)4-1)18-7-3-6-14-8-9-15-10-11-24-23(20)22(15)21(14)18;1-5-10(6-2)12(14)9-13(15)11(7-3)8-4;/h2*1-12H;9-11,14H,5-8H2,1-4H3;/q2*-1;;/b;;12-9-;. The van der Waals surface area contributed by atoms with Crippen LogP contribution in [0.2, 0.25) is 0 Å². The molecule has 10 aromatic carbocycles. The number of pyridine rings is 2. The molecule has 5 heteroatoms. The topological polar surface area (TPSA) is 63.1 Å². The van der Waals surface area contributed by atoms with Crippen molar-refractivity contribution >= 4 is 114 Å². The minimum Gasteiger partial charge on any atom is -0.512 e. The molecule has 0 saturated carbocycles. The Balaban J connectivity index is 0.000000125. The number of carbonyl (C=O) groups excluding carboxylic acids is 1. The maximum atomic E-state index is 11.7. The van der Waals surface area contributed by atoms with Gasteiger partial charge >= 0.3 is 0 Å². The molecule has 12 rings (SSSR count). The van der Waals surface area contributed by atoms with Gasteiger partial charge in [-0.2, -0.15) is 0 Å². The van der Waals surface area contributed by atoms with Crippen molar-refractivity contribution in [2.24, 2.45) is 11.8 Å². The van der Waals surface area contributed by atoms with Crippen LogP contribution in [0.5, 0.6) is 0 Å². The smallest absolute Gasteiger partial charge is 0.162 e. The minimum atomic E-state index is 0. The molecule has 317 valence electrons. The summed E-state index contributed by atoms with van der Waals surface area (Å²) in [5.41, 5.74) is 2.11. The van der Waals surface area contributed by atoms with Gasteiger partial charge in [-0.25, -0.2) is 0 Å². The van der Waals surface area contributed by atoms with Gasteiger partial charge in [-0.05, 0) is 91.7 Å². The zero-order valence-corrected chi connectivity index (χ0v) is 38.9. The fourth-order valence-corrected chi connectivity index (χ4v) is 9.83. The summed E-state index contributed by atoms with van der Waals surface area (Å²) in [4.78, 5) is 21.2. The first-order valence-corrected chi connectivity index (χ1v) is 22.4. The van der Waals surface area contributed by atoms with E-state index in [4.69, 9.17) is 9.97 Å².